The highest BCUT2D eigenvalue weighted by atomic mass is 19.1. The molecule has 470 valence electrons. The lowest BCUT2D eigenvalue weighted by Crippen LogP contribution is -2.70. The lowest BCUT2D eigenvalue weighted by Gasteiger charge is -2.62. The summed E-state index contributed by atoms with van der Waals surface area (Å²) in [5, 5.41) is 88.3. The van der Waals surface area contributed by atoms with Crippen LogP contribution >= 0.6 is 0 Å². The topological polar surface area (TPSA) is 267 Å². The summed E-state index contributed by atoms with van der Waals surface area (Å²) in [6.45, 7) is 22.4. The fourth-order valence-electron chi connectivity index (χ4n) is 16.5. The molecule has 7 aliphatic rings. The van der Waals surface area contributed by atoms with Gasteiger partial charge in [0.1, 0.15) is 35.8 Å². The van der Waals surface area contributed by atoms with Crippen molar-refractivity contribution in [3.05, 3.63) is 23.6 Å². The van der Waals surface area contributed by atoms with E-state index in [1.807, 2.05) is 37.7 Å². The number of halogens is 2. The van der Waals surface area contributed by atoms with Crippen molar-refractivity contribution in [1.29, 1.82) is 0 Å². The molecule has 0 spiro atoms. The highest BCUT2D eigenvalue weighted by Gasteiger charge is 2.76. The molecule has 2 saturated carbocycles. The van der Waals surface area contributed by atoms with E-state index in [0.717, 1.165) is 0 Å². The number of nitrogens with zero attached hydrogens (tertiary/aromatic N) is 2. The molecule has 82 heavy (non-hydrogen) atoms. The molecule has 0 aromatic carbocycles. The number of aliphatic hydroxyl groups excluding tert-OH is 4. The number of cyclic esters (lactones) is 1. The van der Waals surface area contributed by atoms with Gasteiger partial charge in [-0.2, -0.15) is 0 Å². The number of likely N-dealkylation sites (N-methyl/N-ethyl adjacent to an activating group) is 1. The van der Waals surface area contributed by atoms with Crippen LogP contribution in [0.3, 0.4) is 0 Å². The van der Waals surface area contributed by atoms with E-state index in [1.165, 1.54) is 33.1 Å². The summed E-state index contributed by atoms with van der Waals surface area (Å²) in [7, 11) is 5.17. The van der Waals surface area contributed by atoms with Crippen molar-refractivity contribution >= 4 is 17.7 Å². The van der Waals surface area contributed by atoms with Gasteiger partial charge in [-0.25, -0.2) is 8.78 Å². The van der Waals surface area contributed by atoms with E-state index in [0.29, 0.717) is 6.42 Å². The summed E-state index contributed by atoms with van der Waals surface area (Å²) in [5.41, 5.74) is -12.4. The van der Waals surface area contributed by atoms with Crippen molar-refractivity contribution < 1.29 is 87.3 Å². The summed E-state index contributed by atoms with van der Waals surface area (Å²) < 4.78 is 72.2. The van der Waals surface area contributed by atoms with E-state index in [2.05, 4.69) is 5.32 Å². The molecule has 3 aliphatic heterocycles. The maximum Gasteiger partial charge on any atom is 0.311 e. The maximum absolute atomic E-state index is 17.9. The Bertz CT molecular complexity index is 2360. The quantitative estimate of drug-likeness (QED) is 0.0993. The highest BCUT2D eigenvalue weighted by Crippen LogP contribution is 2.71. The normalized spacial score (nSPS) is 50.0. The van der Waals surface area contributed by atoms with E-state index < -0.39 is 160 Å². The molecule has 3 saturated heterocycles. The lowest BCUT2D eigenvalue weighted by molar-refractivity contribution is -0.318. The van der Waals surface area contributed by atoms with Gasteiger partial charge in [-0.1, -0.05) is 40.7 Å². The second-order valence-corrected chi connectivity index (χ2v) is 27.6. The van der Waals surface area contributed by atoms with Crippen LogP contribution in [0.2, 0.25) is 0 Å². The fourth-order valence-corrected chi connectivity index (χ4v) is 16.5. The van der Waals surface area contributed by atoms with Crippen molar-refractivity contribution in [2.24, 2.45) is 46.3 Å². The van der Waals surface area contributed by atoms with E-state index in [-0.39, 0.29) is 94.5 Å². The summed E-state index contributed by atoms with van der Waals surface area (Å²) in [5.74, 6) is -7.45. The second-order valence-electron chi connectivity index (χ2n) is 27.6. The molecule has 7 rings (SSSR count). The van der Waals surface area contributed by atoms with Crippen LogP contribution in [0, 0.1) is 46.3 Å². The molecule has 3 heterocycles. The number of hydrogen-bond acceptors (Lipinski definition) is 18. The van der Waals surface area contributed by atoms with Gasteiger partial charge in [0, 0.05) is 80.8 Å². The number of methoxy groups -OCH3 is 1. The molecular weight excluding hydrogens is 1070 g/mol. The molecule has 0 bridgehead atoms. The number of carbonyl (C=O) groups is 3. The number of rotatable bonds is 12. The van der Waals surface area contributed by atoms with Gasteiger partial charge in [0.25, 0.3) is 5.91 Å². The number of hydrogen-bond donors (Lipinski definition) is 8. The number of ether oxygens (including phenoxy) is 6. The summed E-state index contributed by atoms with van der Waals surface area (Å²) >= 11 is 0. The first-order valence-corrected chi connectivity index (χ1v) is 30.2. The first-order chi connectivity index (χ1) is 37.9. The van der Waals surface area contributed by atoms with Crippen molar-refractivity contribution in [2.45, 2.75) is 255 Å². The molecule has 26 atom stereocenters. The number of amides is 1. The summed E-state index contributed by atoms with van der Waals surface area (Å²) in [6, 6.07) is -1.21. The molecule has 21 heteroatoms. The minimum atomic E-state index is -2.37. The zero-order chi connectivity index (χ0) is 61.4. The third kappa shape index (κ3) is 11.7. The number of fused-ring (bicyclic) bond motifs is 5. The molecule has 3 unspecified atom stereocenters. The lowest BCUT2D eigenvalue weighted by atomic mass is 9.45. The molecule has 1 amide bonds. The predicted octanol–water partition coefficient (Wildman–Crippen LogP) is 4.42. The average Bonchev–Trinajstić information content (AvgIpc) is 2.67. The van der Waals surface area contributed by atoms with Crippen molar-refractivity contribution in [1.82, 2.24) is 15.1 Å². The Morgan fingerprint density at radius 2 is 1.56 bits per heavy atom. The van der Waals surface area contributed by atoms with Crippen LogP contribution in [-0.2, 0) is 42.8 Å². The average molecular weight is 1170 g/mol. The number of alkyl halides is 1. The zero-order valence-corrected chi connectivity index (χ0v) is 51.6. The third-order valence-corrected chi connectivity index (χ3v) is 21.5. The standard InChI is InChI=1S/C61H101F2N3O16/c1-17-45-59(13,75)49(70)36(7)66(22-18-21-64-54(73)61(76)32(3)23-39-40-26-42(62)41-25-38(67)19-20-55(41,9)60(40,63)44(68)28-56(39,61)10)30-31(2)27-57(11,74)51(82-53-47(69)43(65(14)15)24-33(4)78-53)34(5)48(35(6)52(72)80-45)81-46-29-58(12,77-16)50(71)37(8)79-46/h19-20,31-37,39-40,43-51,53,68-71,74-76H,17-18,21-30H2,1-16H3,(H,64,73)/t31-,32-,33-,34+,35-,36-,37?,39?,40?,43-,44+,45-,46-,47-,48+,49-,50-,51-,53+,55+,56+,57-,58+,59-,60+,61+/m1/s1. The Kier molecular flexibility index (Phi) is 20.0. The minimum Gasteiger partial charge on any atom is -0.459 e. The maximum atomic E-state index is 17.9. The van der Waals surface area contributed by atoms with Gasteiger partial charge in [0.2, 0.25) is 0 Å². The molecule has 0 radical (unpaired) electrons. The van der Waals surface area contributed by atoms with Gasteiger partial charge in [-0.15, -0.1) is 0 Å². The fraction of sp³-hybridized carbons (Fsp3) is 0.885. The van der Waals surface area contributed by atoms with Gasteiger partial charge in [0.15, 0.2) is 29.6 Å². The van der Waals surface area contributed by atoms with Gasteiger partial charge in [-0.05, 0) is 137 Å². The Morgan fingerprint density at radius 1 is 0.902 bits per heavy atom. The molecule has 8 N–H and O–H groups in total. The zero-order valence-electron chi connectivity index (χ0n) is 51.6. The molecule has 0 aromatic heterocycles. The summed E-state index contributed by atoms with van der Waals surface area (Å²) in [6.07, 6.45) is -9.68. The monoisotopic (exact) mass is 1170 g/mol. The van der Waals surface area contributed by atoms with Crippen molar-refractivity contribution in [3.63, 3.8) is 0 Å². The highest BCUT2D eigenvalue weighted by molar-refractivity contribution is 5.94. The molecule has 0 aromatic rings. The van der Waals surface area contributed by atoms with E-state index in [9.17, 15) is 50.1 Å². The second kappa shape index (κ2) is 24.5. The first kappa shape index (κ1) is 66.9. The Morgan fingerprint density at radius 3 is 2.18 bits per heavy atom. The minimum absolute atomic E-state index is 0.0109. The van der Waals surface area contributed by atoms with E-state index in [4.69, 9.17) is 28.4 Å². The Hall–Kier alpha value is -2.61. The summed E-state index contributed by atoms with van der Waals surface area (Å²) in [4.78, 5) is 45.6. The van der Waals surface area contributed by atoms with E-state index in [1.54, 1.807) is 62.3 Å². The predicted molar refractivity (Wildman–Crippen MR) is 299 cm³/mol. The Labute approximate surface area is 484 Å². The number of carbonyl (C=O) groups excluding carboxylic acids is 3. The molecule has 5 fully saturated rings. The SMILES string of the molecule is CC[C@H]1OC(=O)[C@H](C)[C@@H](O[C@@H]2C[C@](C)(OC)[C@H](O)C(C)O2)[C@H](C)[C@@H](O[C@@H]2O[C@H](C)C[C@@H](N(C)C)[C@H]2O)[C@](C)(O)C[C@@H](C)CN(CCCNC(=O)[C@@]2(O)[C@H](C)CC3C4CC(F)=C5CC(=O)C=C[C@]5(C)[C@@]4(F)[C@@H](O)C[C@@]32C)[C@H](C)[C@@H](O)[C@]1(C)O. The number of aliphatic hydroxyl groups is 7. The third-order valence-electron chi connectivity index (χ3n) is 21.5. The number of nitrogens with one attached hydrogen (secondary N) is 1. The van der Waals surface area contributed by atoms with Gasteiger partial charge in [-0.3, -0.25) is 19.3 Å². The number of esters is 1. The van der Waals surface area contributed by atoms with E-state index >= 15 is 8.78 Å². The smallest absolute Gasteiger partial charge is 0.311 e. The number of ketones is 1. The van der Waals surface area contributed by atoms with Crippen LogP contribution in [0.1, 0.15) is 148 Å². The largest absolute Gasteiger partial charge is 0.459 e. The first-order valence-electron chi connectivity index (χ1n) is 30.2. The van der Waals surface area contributed by atoms with Crippen LogP contribution in [0.15, 0.2) is 23.6 Å². The molecule has 4 aliphatic carbocycles. The van der Waals surface area contributed by atoms with Gasteiger partial charge >= 0.3 is 5.97 Å². The molecular formula is C61H101F2N3O16. The van der Waals surface area contributed by atoms with Crippen LogP contribution < -0.4 is 5.32 Å². The molecule has 19 nitrogen and oxygen atoms in total. The van der Waals surface area contributed by atoms with Crippen LogP contribution in [0.5, 0.6) is 0 Å². The van der Waals surface area contributed by atoms with Crippen LogP contribution in [0.4, 0.5) is 8.78 Å². The van der Waals surface area contributed by atoms with Gasteiger partial charge in [0.05, 0.1) is 47.6 Å². The number of allylic oxidation sites excluding steroid dienone is 4. The van der Waals surface area contributed by atoms with Crippen LogP contribution in [0.25, 0.3) is 0 Å². The Balaban J connectivity index is 1.17. The van der Waals surface area contributed by atoms with Crippen molar-refractivity contribution in [3.8, 4) is 0 Å². The van der Waals surface area contributed by atoms with Gasteiger partial charge < -0.3 is 74.4 Å². The van der Waals surface area contributed by atoms with Crippen LogP contribution in [-0.4, -0.2) is 212 Å². The van der Waals surface area contributed by atoms with Crippen molar-refractivity contribution in [2.75, 3.05) is 40.8 Å².